The van der Waals surface area contributed by atoms with E-state index in [2.05, 4.69) is 15.2 Å². The predicted molar refractivity (Wildman–Crippen MR) is 86.2 cm³/mol. The molecule has 1 aromatic heterocycles. The van der Waals surface area contributed by atoms with Crippen LogP contribution in [0, 0.1) is 0 Å². The summed E-state index contributed by atoms with van der Waals surface area (Å²) in [6.07, 6.45) is 1.13. The SMILES string of the molecule is COc1cc2c(N3C[C@@H]4OC(=O)N[C@@H]4C3)nccc2cc1C(N)=O. The van der Waals surface area contributed by atoms with Crippen molar-refractivity contribution in [3.05, 3.63) is 30.0 Å². The molecule has 3 heterocycles. The van der Waals surface area contributed by atoms with Gasteiger partial charge in [0.25, 0.3) is 5.91 Å². The van der Waals surface area contributed by atoms with E-state index in [0.29, 0.717) is 24.4 Å². The lowest BCUT2D eigenvalue weighted by atomic mass is 10.1. The molecule has 2 fully saturated rings. The zero-order valence-electron chi connectivity index (χ0n) is 13.0. The van der Waals surface area contributed by atoms with Crippen LogP contribution in [0.25, 0.3) is 10.8 Å². The predicted octanol–water partition coefficient (Wildman–Crippen LogP) is 0.639. The maximum Gasteiger partial charge on any atom is 0.407 e. The number of amides is 2. The highest BCUT2D eigenvalue weighted by Gasteiger charge is 2.42. The molecular formula is C16H16N4O4. The van der Waals surface area contributed by atoms with E-state index in [9.17, 15) is 9.59 Å². The van der Waals surface area contributed by atoms with Gasteiger partial charge in [0, 0.05) is 18.1 Å². The first-order chi connectivity index (χ1) is 11.6. The molecule has 4 rings (SSSR count). The highest BCUT2D eigenvalue weighted by Crippen LogP contribution is 2.33. The summed E-state index contributed by atoms with van der Waals surface area (Å²) in [7, 11) is 1.49. The largest absolute Gasteiger partial charge is 0.496 e. The van der Waals surface area contributed by atoms with E-state index < -0.39 is 5.91 Å². The van der Waals surface area contributed by atoms with Crippen LogP contribution in [-0.4, -0.2) is 49.3 Å². The number of carbonyl (C=O) groups is 2. The third-order valence-corrected chi connectivity index (χ3v) is 4.46. The van der Waals surface area contributed by atoms with Crippen LogP contribution in [0.4, 0.5) is 10.6 Å². The van der Waals surface area contributed by atoms with Crippen molar-refractivity contribution in [2.45, 2.75) is 12.1 Å². The Morgan fingerprint density at radius 2 is 2.29 bits per heavy atom. The van der Waals surface area contributed by atoms with Crippen LogP contribution >= 0.6 is 0 Å². The molecule has 0 aliphatic carbocycles. The molecule has 0 bridgehead atoms. The Morgan fingerprint density at radius 3 is 3.00 bits per heavy atom. The quantitative estimate of drug-likeness (QED) is 0.856. The monoisotopic (exact) mass is 328 g/mol. The van der Waals surface area contributed by atoms with Crippen molar-refractivity contribution < 1.29 is 19.1 Å². The number of nitrogens with zero attached hydrogens (tertiary/aromatic N) is 2. The number of fused-ring (bicyclic) bond motifs is 2. The zero-order chi connectivity index (χ0) is 16.8. The van der Waals surface area contributed by atoms with Crippen molar-refractivity contribution in [3.63, 3.8) is 0 Å². The van der Waals surface area contributed by atoms with Crippen molar-refractivity contribution in [2.75, 3.05) is 25.1 Å². The Kier molecular flexibility index (Phi) is 3.19. The van der Waals surface area contributed by atoms with Gasteiger partial charge in [0.05, 0.1) is 25.3 Å². The third-order valence-electron chi connectivity index (χ3n) is 4.46. The molecule has 24 heavy (non-hydrogen) atoms. The van der Waals surface area contributed by atoms with E-state index in [1.54, 1.807) is 18.3 Å². The van der Waals surface area contributed by atoms with E-state index in [0.717, 1.165) is 16.6 Å². The topological polar surface area (TPSA) is 107 Å². The van der Waals surface area contributed by atoms with Crippen molar-refractivity contribution >= 4 is 28.6 Å². The smallest absolute Gasteiger partial charge is 0.407 e. The number of benzene rings is 1. The number of ether oxygens (including phenoxy) is 2. The van der Waals surface area contributed by atoms with Crippen molar-refractivity contribution in [1.29, 1.82) is 0 Å². The van der Waals surface area contributed by atoms with Gasteiger partial charge in [0.15, 0.2) is 0 Å². The van der Waals surface area contributed by atoms with Crippen LogP contribution in [0.1, 0.15) is 10.4 Å². The van der Waals surface area contributed by atoms with E-state index in [4.69, 9.17) is 15.2 Å². The second-order valence-corrected chi connectivity index (χ2v) is 5.87. The fraction of sp³-hybridized carbons (Fsp3) is 0.312. The van der Waals surface area contributed by atoms with Crippen molar-refractivity contribution in [3.8, 4) is 5.75 Å². The third kappa shape index (κ3) is 2.18. The molecule has 2 saturated heterocycles. The fourth-order valence-corrected chi connectivity index (χ4v) is 3.33. The molecule has 3 N–H and O–H groups in total. The van der Waals surface area contributed by atoms with Crippen molar-refractivity contribution in [1.82, 2.24) is 10.3 Å². The number of anilines is 1. The lowest BCUT2D eigenvalue weighted by Crippen LogP contribution is -2.32. The number of nitrogens with one attached hydrogen (secondary N) is 1. The number of hydrogen-bond acceptors (Lipinski definition) is 6. The van der Waals surface area contributed by atoms with Gasteiger partial charge in [-0.15, -0.1) is 0 Å². The first kappa shape index (κ1) is 14.6. The molecule has 2 aromatic rings. The summed E-state index contributed by atoms with van der Waals surface area (Å²) in [5.41, 5.74) is 5.74. The molecule has 8 heteroatoms. The van der Waals surface area contributed by atoms with Crippen LogP contribution in [-0.2, 0) is 4.74 Å². The molecule has 124 valence electrons. The summed E-state index contributed by atoms with van der Waals surface area (Å²) in [5.74, 6) is 0.626. The van der Waals surface area contributed by atoms with Gasteiger partial charge in [-0.05, 0) is 23.6 Å². The number of carbonyl (C=O) groups excluding carboxylic acids is 2. The molecule has 2 aliphatic rings. The number of rotatable bonds is 3. The van der Waals surface area contributed by atoms with Gasteiger partial charge in [-0.2, -0.15) is 0 Å². The molecule has 0 radical (unpaired) electrons. The van der Waals surface area contributed by atoms with Crippen LogP contribution in [0.15, 0.2) is 24.4 Å². The number of aromatic nitrogens is 1. The van der Waals surface area contributed by atoms with Gasteiger partial charge in [-0.25, -0.2) is 9.78 Å². The molecule has 0 saturated carbocycles. The summed E-state index contributed by atoms with van der Waals surface area (Å²) < 4.78 is 10.5. The van der Waals surface area contributed by atoms with E-state index in [1.165, 1.54) is 7.11 Å². The maximum atomic E-state index is 11.6. The van der Waals surface area contributed by atoms with Crippen LogP contribution < -0.4 is 20.7 Å². The molecule has 2 aliphatic heterocycles. The first-order valence-corrected chi connectivity index (χ1v) is 7.55. The highest BCUT2D eigenvalue weighted by atomic mass is 16.6. The minimum absolute atomic E-state index is 0.0404. The van der Waals surface area contributed by atoms with Gasteiger partial charge < -0.3 is 25.4 Å². The van der Waals surface area contributed by atoms with Crippen LogP contribution in [0.2, 0.25) is 0 Å². The van der Waals surface area contributed by atoms with E-state index in [-0.39, 0.29) is 18.2 Å². The average molecular weight is 328 g/mol. The molecule has 8 nitrogen and oxygen atoms in total. The van der Waals surface area contributed by atoms with Gasteiger partial charge in [0.2, 0.25) is 0 Å². The molecule has 2 amide bonds. The van der Waals surface area contributed by atoms with Gasteiger partial charge >= 0.3 is 6.09 Å². The fourth-order valence-electron chi connectivity index (χ4n) is 3.33. The van der Waals surface area contributed by atoms with Crippen molar-refractivity contribution in [2.24, 2.45) is 5.73 Å². The van der Waals surface area contributed by atoms with Gasteiger partial charge in [0.1, 0.15) is 17.7 Å². The maximum absolute atomic E-state index is 11.6. The normalized spacial score (nSPS) is 22.2. The minimum atomic E-state index is -0.543. The zero-order valence-corrected chi connectivity index (χ0v) is 13.0. The lowest BCUT2D eigenvalue weighted by molar-refractivity contribution is 0.0997. The number of nitrogens with two attached hydrogens (primary N) is 1. The molecule has 0 spiro atoms. The number of methoxy groups -OCH3 is 1. The first-order valence-electron chi connectivity index (χ1n) is 7.55. The van der Waals surface area contributed by atoms with Crippen LogP contribution in [0.5, 0.6) is 5.75 Å². The number of alkyl carbamates (subject to hydrolysis) is 1. The Morgan fingerprint density at radius 1 is 1.46 bits per heavy atom. The minimum Gasteiger partial charge on any atom is -0.496 e. The number of hydrogen-bond donors (Lipinski definition) is 2. The molecule has 2 atom stereocenters. The number of pyridine rings is 1. The summed E-state index contributed by atoms with van der Waals surface area (Å²) in [6, 6.07) is 5.25. The second-order valence-electron chi connectivity index (χ2n) is 5.87. The van der Waals surface area contributed by atoms with Gasteiger partial charge in [-0.3, -0.25) is 4.79 Å². The standard InChI is InChI=1S/C16H16N4O4/c1-23-12-5-9-8(4-10(12)14(17)21)2-3-18-15(9)20-6-11-13(7-20)24-16(22)19-11/h2-5,11,13H,6-7H2,1H3,(H2,17,21)(H,19,22)/t11-,13+/m1/s1. The number of primary amides is 1. The average Bonchev–Trinajstić information content (AvgIpc) is 3.10. The Labute approximate surface area is 137 Å². The van der Waals surface area contributed by atoms with E-state index in [1.807, 2.05) is 6.07 Å². The molecule has 0 unspecified atom stereocenters. The lowest BCUT2D eigenvalue weighted by Gasteiger charge is -2.20. The summed E-state index contributed by atoms with van der Waals surface area (Å²) in [6.45, 7) is 1.18. The molecule has 1 aromatic carbocycles. The summed E-state index contributed by atoms with van der Waals surface area (Å²) in [4.78, 5) is 29.4. The van der Waals surface area contributed by atoms with Crippen LogP contribution in [0.3, 0.4) is 0 Å². The molecular weight excluding hydrogens is 312 g/mol. The Bertz CT molecular complexity index is 837. The second kappa shape index (κ2) is 5.26. The van der Waals surface area contributed by atoms with E-state index >= 15 is 0 Å². The summed E-state index contributed by atoms with van der Waals surface area (Å²) >= 11 is 0. The highest BCUT2D eigenvalue weighted by molar-refractivity contribution is 6.03. The summed E-state index contributed by atoms with van der Waals surface area (Å²) in [5, 5.41) is 4.49. The van der Waals surface area contributed by atoms with Gasteiger partial charge in [-0.1, -0.05) is 0 Å². The Hall–Kier alpha value is -3.03. The Balaban J connectivity index is 1.77.